The van der Waals surface area contributed by atoms with Gasteiger partial charge in [-0.05, 0) is 49.7 Å². The molecule has 3 aromatic rings. The molecule has 23 heavy (non-hydrogen) atoms. The number of halogens is 1. The average molecular weight is 330 g/mol. The summed E-state index contributed by atoms with van der Waals surface area (Å²) in [6.07, 6.45) is 1.10. The van der Waals surface area contributed by atoms with Crippen LogP contribution in [0.15, 0.2) is 42.6 Å². The summed E-state index contributed by atoms with van der Waals surface area (Å²) >= 11 is 5.91. The number of rotatable bonds is 4. The van der Waals surface area contributed by atoms with E-state index in [9.17, 15) is 4.79 Å². The molecule has 0 unspecified atom stereocenters. The number of H-pyrrole nitrogens is 1. The number of nitrogens with zero attached hydrogens (tertiary/aromatic N) is 1. The standard InChI is InChI=1S/C17H16ClN3O2/c1-10-6-12-9-19-21-16(12)8-15(10)20-17(22)11(2)23-14-5-3-4-13(18)7-14/h3-9,11H,1-2H3,(H,19,21)(H,20,22)/t11-/m0/s1. The highest BCUT2D eigenvalue weighted by atomic mass is 35.5. The molecular formula is C17H16ClN3O2. The zero-order valence-corrected chi connectivity index (χ0v) is 13.5. The average Bonchev–Trinajstić information content (AvgIpc) is 2.94. The van der Waals surface area contributed by atoms with Gasteiger partial charge in [0.25, 0.3) is 5.91 Å². The molecule has 1 atom stereocenters. The molecule has 118 valence electrons. The largest absolute Gasteiger partial charge is 0.481 e. The van der Waals surface area contributed by atoms with Crippen molar-refractivity contribution in [3.8, 4) is 5.75 Å². The van der Waals surface area contributed by atoms with E-state index in [4.69, 9.17) is 16.3 Å². The Hall–Kier alpha value is -2.53. The summed E-state index contributed by atoms with van der Waals surface area (Å²) in [5.74, 6) is 0.327. The van der Waals surface area contributed by atoms with Gasteiger partial charge in [-0.1, -0.05) is 17.7 Å². The summed E-state index contributed by atoms with van der Waals surface area (Å²) in [6.45, 7) is 3.63. The molecule has 0 saturated carbocycles. The monoisotopic (exact) mass is 329 g/mol. The van der Waals surface area contributed by atoms with Gasteiger partial charge in [-0.2, -0.15) is 5.10 Å². The SMILES string of the molecule is Cc1cc2cn[nH]c2cc1NC(=O)[C@H](C)Oc1cccc(Cl)c1. The molecule has 5 nitrogen and oxygen atoms in total. The number of carbonyl (C=O) groups is 1. The lowest BCUT2D eigenvalue weighted by molar-refractivity contribution is -0.122. The van der Waals surface area contributed by atoms with E-state index >= 15 is 0 Å². The molecule has 0 spiro atoms. The van der Waals surface area contributed by atoms with Crippen molar-refractivity contribution in [2.24, 2.45) is 0 Å². The Balaban J connectivity index is 1.73. The van der Waals surface area contributed by atoms with Crippen molar-refractivity contribution in [1.82, 2.24) is 10.2 Å². The fourth-order valence-corrected chi connectivity index (χ4v) is 2.45. The smallest absolute Gasteiger partial charge is 0.265 e. The van der Waals surface area contributed by atoms with E-state index in [-0.39, 0.29) is 5.91 Å². The number of anilines is 1. The highest BCUT2D eigenvalue weighted by Crippen LogP contribution is 2.23. The zero-order chi connectivity index (χ0) is 16.4. The highest BCUT2D eigenvalue weighted by Gasteiger charge is 2.16. The number of hydrogen-bond acceptors (Lipinski definition) is 3. The normalized spacial score (nSPS) is 12.1. The summed E-state index contributed by atoms with van der Waals surface area (Å²) < 4.78 is 5.62. The van der Waals surface area contributed by atoms with Crippen LogP contribution in [0.5, 0.6) is 5.75 Å². The number of aromatic amines is 1. The Morgan fingerprint density at radius 1 is 1.35 bits per heavy atom. The van der Waals surface area contributed by atoms with Crippen molar-refractivity contribution < 1.29 is 9.53 Å². The van der Waals surface area contributed by atoms with E-state index in [0.29, 0.717) is 10.8 Å². The number of aryl methyl sites for hydroxylation is 1. The molecule has 0 radical (unpaired) electrons. The van der Waals surface area contributed by atoms with Crippen molar-refractivity contribution in [3.05, 3.63) is 53.2 Å². The first-order chi connectivity index (χ1) is 11.0. The molecule has 1 heterocycles. The summed E-state index contributed by atoms with van der Waals surface area (Å²) in [5.41, 5.74) is 2.56. The van der Waals surface area contributed by atoms with E-state index in [1.54, 1.807) is 37.4 Å². The minimum absolute atomic E-state index is 0.230. The maximum Gasteiger partial charge on any atom is 0.265 e. The molecule has 3 rings (SSSR count). The van der Waals surface area contributed by atoms with Gasteiger partial charge in [0.05, 0.1) is 11.7 Å². The van der Waals surface area contributed by atoms with Gasteiger partial charge in [0.1, 0.15) is 5.75 Å². The maximum absolute atomic E-state index is 12.3. The number of aromatic nitrogens is 2. The predicted molar refractivity (Wildman–Crippen MR) is 91.0 cm³/mol. The Kier molecular flexibility index (Phi) is 4.21. The molecule has 1 aromatic heterocycles. The number of ether oxygens (including phenoxy) is 1. The van der Waals surface area contributed by atoms with Gasteiger partial charge < -0.3 is 10.1 Å². The number of benzene rings is 2. The third kappa shape index (κ3) is 3.46. The van der Waals surface area contributed by atoms with Crippen molar-refractivity contribution in [2.45, 2.75) is 20.0 Å². The topological polar surface area (TPSA) is 67.0 Å². The first-order valence-corrected chi connectivity index (χ1v) is 7.57. The van der Waals surface area contributed by atoms with E-state index in [1.807, 2.05) is 19.1 Å². The second-order valence-electron chi connectivity index (χ2n) is 5.33. The van der Waals surface area contributed by atoms with Crippen LogP contribution in [0, 0.1) is 6.92 Å². The number of amides is 1. The van der Waals surface area contributed by atoms with Gasteiger partial charge in [0.2, 0.25) is 0 Å². The predicted octanol–water partition coefficient (Wildman–Crippen LogP) is 3.93. The summed E-state index contributed by atoms with van der Waals surface area (Å²) in [6, 6.07) is 10.8. The van der Waals surface area contributed by atoms with Crippen LogP contribution < -0.4 is 10.1 Å². The van der Waals surface area contributed by atoms with Crippen LogP contribution in [-0.4, -0.2) is 22.2 Å². The Bertz CT molecular complexity index is 860. The molecule has 2 N–H and O–H groups in total. The summed E-state index contributed by atoms with van der Waals surface area (Å²) in [4.78, 5) is 12.3. The molecule has 0 bridgehead atoms. The van der Waals surface area contributed by atoms with Gasteiger partial charge in [-0.3, -0.25) is 9.89 Å². The van der Waals surface area contributed by atoms with E-state index in [0.717, 1.165) is 22.2 Å². The number of nitrogens with one attached hydrogen (secondary N) is 2. The fourth-order valence-electron chi connectivity index (χ4n) is 2.27. The molecule has 0 saturated heterocycles. The van der Waals surface area contributed by atoms with Gasteiger partial charge in [0.15, 0.2) is 6.10 Å². The molecule has 1 amide bonds. The number of hydrogen-bond donors (Lipinski definition) is 2. The molecule has 2 aromatic carbocycles. The first kappa shape index (κ1) is 15.4. The van der Waals surface area contributed by atoms with Gasteiger partial charge in [-0.25, -0.2) is 0 Å². The van der Waals surface area contributed by atoms with Crippen LogP contribution in [0.3, 0.4) is 0 Å². The first-order valence-electron chi connectivity index (χ1n) is 7.20. The van der Waals surface area contributed by atoms with E-state index < -0.39 is 6.10 Å². The number of carbonyl (C=O) groups excluding carboxylic acids is 1. The third-order valence-electron chi connectivity index (χ3n) is 3.52. The van der Waals surface area contributed by atoms with Gasteiger partial charge in [0, 0.05) is 16.1 Å². The van der Waals surface area contributed by atoms with Gasteiger partial charge in [-0.15, -0.1) is 0 Å². The lowest BCUT2D eigenvalue weighted by Crippen LogP contribution is -2.30. The third-order valence-corrected chi connectivity index (χ3v) is 3.76. The molecule has 6 heteroatoms. The fraction of sp³-hybridized carbons (Fsp3) is 0.176. The van der Waals surface area contributed by atoms with Gasteiger partial charge >= 0.3 is 0 Å². The minimum Gasteiger partial charge on any atom is -0.481 e. The Morgan fingerprint density at radius 2 is 2.17 bits per heavy atom. The molecule has 0 aliphatic heterocycles. The Labute approximate surface area is 138 Å². The van der Waals surface area contributed by atoms with Crippen LogP contribution in [0.4, 0.5) is 5.69 Å². The quantitative estimate of drug-likeness (QED) is 0.762. The van der Waals surface area contributed by atoms with E-state index in [2.05, 4.69) is 15.5 Å². The van der Waals surface area contributed by atoms with Crippen LogP contribution >= 0.6 is 11.6 Å². The lowest BCUT2D eigenvalue weighted by atomic mass is 10.1. The van der Waals surface area contributed by atoms with Crippen LogP contribution in [0.25, 0.3) is 10.9 Å². The van der Waals surface area contributed by atoms with E-state index in [1.165, 1.54) is 0 Å². The zero-order valence-electron chi connectivity index (χ0n) is 12.8. The summed E-state index contributed by atoms with van der Waals surface area (Å²) in [5, 5.41) is 11.3. The second-order valence-corrected chi connectivity index (χ2v) is 5.77. The van der Waals surface area contributed by atoms with Crippen LogP contribution in [0.1, 0.15) is 12.5 Å². The number of fused-ring (bicyclic) bond motifs is 1. The molecular weight excluding hydrogens is 314 g/mol. The maximum atomic E-state index is 12.3. The second kappa shape index (κ2) is 6.30. The van der Waals surface area contributed by atoms with Crippen molar-refractivity contribution >= 4 is 34.1 Å². The van der Waals surface area contributed by atoms with Crippen LogP contribution in [-0.2, 0) is 4.79 Å². The van der Waals surface area contributed by atoms with Crippen molar-refractivity contribution in [2.75, 3.05) is 5.32 Å². The highest BCUT2D eigenvalue weighted by molar-refractivity contribution is 6.30. The van der Waals surface area contributed by atoms with Crippen molar-refractivity contribution in [3.63, 3.8) is 0 Å². The molecule has 0 aliphatic carbocycles. The Morgan fingerprint density at radius 3 is 2.96 bits per heavy atom. The minimum atomic E-state index is -0.648. The van der Waals surface area contributed by atoms with Crippen molar-refractivity contribution in [1.29, 1.82) is 0 Å². The van der Waals surface area contributed by atoms with Crippen LogP contribution in [0.2, 0.25) is 5.02 Å². The molecule has 0 aliphatic rings. The summed E-state index contributed by atoms with van der Waals surface area (Å²) in [7, 11) is 0. The molecule has 0 fully saturated rings. The lowest BCUT2D eigenvalue weighted by Gasteiger charge is -2.16.